The topological polar surface area (TPSA) is 29.3 Å². The van der Waals surface area contributed by atoms with Gasteiger partial charge in [-0.25, -0.2) is 0 Å². The number of hydrogen-bond donors (Lipinski definition) is 1. The van der Waals surface area contributed by atoms with Gasteiger partial charge in [0.2, 0.25) is 0 Å². The molecule has 2 rings (SSSR count). The van der Waals surface area contributed by atoms with Crippen molar-refractivity contribution in [2.75, 3.05) is 19.6 Å². The Labute approximate surface area is 87.8 Å². The van der Waals surface area contributed by atoms with Crippen LogP contribution in [0.5, 0.6) is 0 Å². The molecule has 0 atom stereocenters. The molecule has 1 aliphatic carbocycles. The molecule has 0 aromatic carbocycles. The van der Waals surface area contributed by atoms with Gasteiger partial charge < -0.3 is 5.73 Å². The molecule has 0 spiro atoms. The van der Waals surface area contributed by atoms with Gasteiger partial charge in [-0.1, -0.05) is 13.8 Å². The highest BCUT2D eigenvalue weighted by molar-refractivity contribution is 5.00. The summed E-state index contributed by atoms with van der Waals surface area (Å²) in [4.78, 5) is 2.67. The lowest BCUT2D eigenvalue weighted by atomic mass is 9.72. The third-order valence-electron chi connectivity index (χ3n) is 4.45. The third-order valence-corrected chi connectivity index (χ3v) is 4.45. The first kappa shape index (κ1) is 10.4. The van der Waals surface area contributed by atoms with Crippen LogP contribution >= 0.6 is 0 Å². The quantitative estimate of drug-likeness (QED) is 0.732. The van der Waals surface area contributed by atoms with Crippen LogP contribution in [-0.4, -0.2) is 30.1 Å². The van der Waals surface area contributed by atoms with E-state index >= 15 is 0 Å². The molecule has 0 amide bonds. The normalized spacial score (nSPS) is 31.1. The number of likely N-dealkylation sites (tertiary alicyclic amines) is 1. The fraction of sp³-hybridized carbons (Fsp3) is 1.00. The molecule has 2 heteroatoms. The van der Waals surface area contributed by atoms with Gasteiger partial charge in [0.05, 0.1) is 0 Å². The van der Waals surface area contributed by atoms with E-state index in [-0.39, 0.29) is 0 Å². The largest absolute Gasteiger partial charge is 0.329 e. The van der Waals surface area contributed by atoms with Crippen LogP contribution < -0.4 is 5.73 Å². The van der Waals surface area contributed by atoms with Crippen molar-refractivity contribution in [3.05, 3.63) is 0 Å². The molecule has 82 valence electrons. The van der Waals surface area contributed by atoms with Gasteiger partial charge in [0, 0.05) is 12.1 Å². The van der Waals surface area contributed by atoms with E-state index in [9.17, 15) is 0 Å². The Balaban J connectivity index is 1.94. The summed E-state index contributed by atoms with van der Waals surface area (Å²) in [7, 11) is 0. The Hall–Kier alpha value is -0.0800. The second-order valence-corrected chi connectivity index (χ2v) is 5.93. The minimum absolute atomic E-state index is 0.413. The Morgan fingerprint density at radius 3 is 2.00 bits per heavy atom. The van der Waals surface area contributed by atoms with Crippen molar-refractivity contribution in [3.8, 4) is 0 Å². The van der Waals surface area contributed by atoms with E-state index in [4.69, 9.17) is 5.73 Å². The average Bonchev–Trinajstić information content (AvgIpc) is 2.06. The van der Waals surface area contributed by atoms with Crippen LogP contribution in [0.25, 0.3) is 0 Å². The standard InChI is InChI=1S/C12H24N2/c1-11(2)6-8-14(9-7-11)12(10-13)4-3-5-12/h3-10,13H2,1-2H3. The molecule has 1 aliphatic heterocycles. The van der Waals surface area contributed by atoms with E-state index in [0.29, 0.717) is 11.0 Å². The summed E-state index contributed by atoms with van der Waals surface area (Å²) in [6.45, 7) is 8.18. The lowest BCUT2D eigenvalue weighted by molar-refractivity contribution is -0.0159. The molecule has 1 saturated heterocycles. The summed E-state index contributed by atoms with van der Waals surface area (Å²) in [5, 5.41) is 0. The first-order chi connectivity index (χ1) is 6.58. The lowest BCUT2D eigenvalue weighted by Crippen LogP contribution is -2.60. The van der Waals surface area contributed by atoms with Gasteiger partial charge in [0.1, 0.15) is 0 Å². The zero-order valence-corrected chi connectivity index (χ0v) is 9.68. The van der Waals surface area contributed by atoms with Crippen molar-refractivity contribution in [1.29, 1.82) is 0 Å². The van der Waals surface area contributed by atoms with Crippen LogP contribution in [0, 0.1) is 5.41 Å². The molecule has 14 heavy (non-hydrogen) atoms. The van der Waals surface area contributed by atoms with Crippen molar-refractivity contribution in [2.45, 2.75) is 51.5 Å². The van der Waals surface area contributed by atoms with Crippen molar-refractivity contribution >= 4 is 0 Å². The number of hydrogen-bond acceptors (Lipinski definition) is 2. The minimum atomic E-state index is 0.413. The third kappa shape index (κ3) is 1.70. The first-order valence-corrected chi connectivity index (χ1v) is 6.03. The summed E-state index contributed by atoms with van der Waals surface area (Å²) in [6, 6.07) is 0. The lowest BCUT2D eigenvalue weighted by Gasteiger charge is -2.53. The highest BCUT2D eigenvalue weighted by Gasteiger charge is 2.43. The molecular formula is C12H24N2. The molecule has 0 aromatic heterocycles. The highest BCUT2D eigenvalue weighted by atomic mass is 15.2. The molecule has 0 radical (unpaired) electrons. The SMILES string of the molecule is CC1(C)CCN(C2(CN)CCC2)CC1. The molecule has 1 saturated carbocycles. The predicted molar refractivity (Wildman–Crippen MR) is 60.2 cm³/mol. The van der Waals surface area contributed by atoms with Crippen LogP contribution in [0.4, 0.5) is 0 Å². The highest BCUT2D eigenvalue weighted by Crippen LogP contribution is 2.41. The Morgan fingerprint density at radius 2 is 1.64 bits per heavy atom. The van der Waals surface area contributed by atoms with Crippen LogP contribution in [0.15, 0.2) is 0 Å². The molecule has 0 unspecified atom stereocenters. The maximum atomic E-state index is 5.93. The van der Waals surface area contributed by atoms with E-state index < -0.39 is 0 Å². The molecule has 2 aliphatic rings. The maximum Gasteiger partial charge on any atom is 0.0331 e. The fourth-order valence-electron chi connectivity index (χ4n) is 2.82. The monoisotopic (exact) mass is 196 g/mol. The number of rotatable bonds is 2. The summed E-state index contributed by atoms with van der Waals surface area (Å²) in [6.07, 6.45) is 6.74. The van der Waals surface area contributed by atoms with Crippen LogP contribution in [0.3, 0.4) is 0 Å². The summed E-state index contributed by atoms with van der Waals surface area (Å²) in [5.74, 6) is 0. The smallest absolute Gasteiger partial charge is 0.0331 e. The molecule has 0 aromatic rings. The molecule has 0 bridgehead atoms. The Kier molecular flexibility index (Phi) is 2.61. The first-order valence-electron chi connectivity index (χ1n) is 6.03. The van der Waals surface area contributed by atoms with Gasteiger partial charge in [0.15, 0.2) is 0 Å². The van der Waals surface area contributed by atoms with Crippen molar-refractivity contribution in [2.24, 2.45) is 11.1 Å². The molecule has 2 fully saturated rings. The van der Waals surface area contributed by atoms with E-state index in [2.05, 4.69) is 18.7 Å². The molecule has 2 nitrogen and oxygen atoms in total. The maximum absolute atomic E-state index is 5.93. The minimum Gasteiger partial charge on any atom is -0.329 e. The van der Waals surface area contributed by atoms with Crippen molar-refractivity contribution in [1.82, 2.24) is 4.90 Å². The summed E-state index contributed by atoms with van der Waals surface area (Å²) >= 11 is 0. The number of nitrogens with two attached hydrogens (primary N) is 1. The zero-order chi connectivity index (χ0) is 10.2. The van der Waals surface area contributed by atoms with E-state index in [1.54, 1.807) is 0 Å². The van der Waals surface area contributed by atoms with Crippen LogP contribution in [0.1, 0.15) is 46.0 Å². The number of nitrogens with zero attached hydrogens (tertiary/aromatic N) is 1. The number of piperidine rings is 1. The van der Waals surface area contributed by atoms with Crippen LogP contribution in [-0.2, 0) is 0 Å². The van der Waals surface area contributed by atoms with Gasteiger partial charge >= 0.3 is 0 Å². The van der Waals surface area contributed by atoms with Gasteiger partial charge in [-0.05, 0) is 50.6 Å². The predicted octanol–water partition coefficient (Wildman–Crippen LogP) is 1.99. The van der Waals surface area contributed by atoms with Gasteiger partial charge in [-0.2, -0.15) is 0 Å². The second kappa shape index (κ2) is 3.49. The van der Waals surface area contributed by atoms with Gasteiger partial charge in [-0.3, -0.25) is 4.90 Å². The van der Waals surface area contributed by atoms with Crippen molar-refractivity contribution < 1.29 is 0 Å². The average molecular weight is 196 g/mol. The van der Waals surface area contributed by atoms with Crippen molar-refractivity contribution in [3.63, 3.8) is 0 Å². The Morgan fingerprint density at radius 1 is 1.07 bits per heavy atom. The van der Waals surface area contributed by atoms with E-state index in [0.717, 1.165) is 6.54 Å². The second-order valence-electron chi connectivity index (χ2n) is 5.93. The summed E-state index contributed by atoms with van der Waals surface area (Å²) < 4.78 is 0. The molecular weight excluding hydrogens is 172 g/mol. The zero-order valence-electron chi connectivity index (χ0n) is 9.68. The van der Waals surface area contributed by atoms with Crippen LogP contribution in [0.2, 0.25) is 0 Å². The fourth-order valence-corrected chi connectivity index (χ4v) is 2.82. The van der Waals surface area contributed by atoms with E-state index in [1.807, 2.05) is 0 Å². The molecule has 1 heterocycles. The van der Waals surface area contributed by atoms with E-state index in [1.165, 1.54) is 45.2 Å². The Bertz CT molecular complexity index is 191. The molecule has 2 N–H and O–H groups in total. The van der Waals surface area contributed by atoms with Gasteiger partial charge in [-0.15, -0.1) is 0 Å². The van der Waals surface area contributed by atoms with Gasteiger partial charge in [0.25, 0.3) is 0 Å². The summed E-state index contributed by atoms with van der Waals surface area (Å²) in [5.41, 5.74) is 6.90.